The lowest BCUT2D eigenvalue weighted by molar-refractivity contribution is 0.637. The van der Waals surface area contributed by atoms with Gasteiger partial charge in [-0.25, -0.2) is 4.98 Å². The van der Waals surface area contributed by atoms with Gasteiger partial charge in [-0.2, -0.15) is 0 Å². The zero-order valence-electron chi connectivity index (χ0n) is 11.7. The van der Waals surface area contributed by atoms with Gasteiger partial charge in [-0.1, -0.05) is 31.0 Å². The Morgan fingerprint density at radius 1 is 1.32 bits per heavy atom. The highest BCUT2D eigenvalue weighted by atomic mass is 35.5. The second-order valence-electron chi connectivity index (χ2n) is 4.86. The van der Waals surface area contributed by atoms with Crippen LogP contribution in [0, 0.1) is 13.8 Å². The molecule has 0 unspecified atom stereocenters. The van der Waals surface area contributed by atoms with Crippen LogP contribution in [0.3, 0.4) is 0 Å². The van der Waals surface area contributed by atoms with E-state index in [1.807, 2.05) is 32.0 Å². The molecule has 0 atom stereocenters. The van der Waals surface area contributed by atoms with Crippen molar-refractivity contribution in [2.45, 2.75) is 40.2 Å². The summed E-state index contributed by atoms with van der Waals surface area (Å²) in [5.41, 5.74) is 3.07. The molecule has 0 amide bonds. The number of halogens is 1. The maximum absolute atomic E-state index is 6.24. The summed E-state index contributed by atoms with van der Waals surface area (Å²) in [5.74, 6) is 0.858. The number of anilines is 2. The summed E-state index contributed by atoms with van der Waals surface area (Å²) in [5, 5.41) is 4.04. The molecule has 0 spiro atoms. The minimum Gasteiger partial charge on any atom is -0.324 e. The van der Waals surface area contributed by atoms with Crippen molar-refractivity contribution in [3.05, 3.63) is 40.7 Å². The van der Waals surface area contributed by atoms with Crippen LogP contribution < -0.4 is 5.32 Å². The van der Waals surface area contributed by atoms with Gasteiger partial charge in [0.25, 0.3) is 0 Å². The Kier molecular flexibility index (Phi) is 4.48. The first-order chi connectivity index (χ1) is 9.10. The molecule has 0 fully saturated rings. The van der Waals surface area contributed by atoms with Crippen LogP contribution in [0.2, 0.25) is 5.02 Å². The van der Waals surface area contributed by atoms with Crippen LogP contribution in [0.4, 0.5) is 11.6 Å². The van der Waals surface area contributed by atoms with Crippen LogP contribution in [0.25, 0.3) is 0 Å². The number of rotatable bonds is 5. The van der Waals surface area contributed by atoms with Crippen molar-refractivity contribution in [1.29, 1.82) is 0 Å². The second kappa shape index (κ2) is 6.11. The molecule has 1 aromatic carbocycles. The van der Waals surface area contributed by atoms with Crippen LogP contribution in [-0.4, -0.2) is 9.55 Å². The smallest absolute Gasteiger partial charge is 0.207 e. The number of benzene rings is 1. The SMILES string of the molecule is CCCCn1cc(C)nc1Nc1ccc(C)cc1Cl. The van der Waals surface area contributed by atoms with Crippen molar-refractivity contribution >= 4 is 23.2 Å². The number of nitrogens with zero attached hydrogens (tertiary/aromatic N) is 2. The van der Waals surface area contributed by atoms with Crippen LogP contribution >= 0.6 is 11.6 Å². The van der Waals surface area contributed by atoms with Gasteiger partial charge < -0.3 is 9.88 Å². The normalized spacial score (nSPS) is 10.7. The van der Waals surface area contributed by atoms with Crippen molar-refractivity contribution in [1.82, 2.24) is 9.55 Å². The summed E-state index contributed by atoms with van der Waals surface area (Å²) in [6, 6.07) is 5.99. The Morgan fingerprint density at radius 2 is 2.11 bits per heavy atom. The molecule has 102 valence electrons. The number of aromatic nitrogens is 2. The van der Waals surface area contributed by atoms with E-state index in [0.29, 0.717) is 0 Å². The summed E-state index contributed by atoms with van der Waals surface area (Å²) >= 11 is 6.24. The molecule has 19 heavy (non-hydrogen) atoms. The van der Waals surface area contributed by atoms with E-state index >= 15 is 0 Å². The minimum absolute atomic E-state index is 0.725. The van der Waals surface area contributed by atoms with E-state index in [-0.39, 0.29) is 0 Å². The highest BCUT2D eigenvalue weighted by molar-refractivity contribution is 6.33. The van der Waals surface area contributed by atoms with E-state index in [9.17, 15) is 0 Å². The molecule has 1 aromatic heterocycles. The third-order valence-electron chi connectivity index (χ3n) is 3.02. The number of unbranched alkanes of at least 4 members (excludes halogenated alkanes) is 1. The average Bonchev–Trinajstić information content (AvgIpc) is 2.70. The highest BCUT2D eigenvalue weighted by Crippen LogP contribution is 2.26. The molecule has 4 heteroatoms. The Balaban J connectivity index is 2.22. The molecular formula is C15H20ClN3. The predicted molar refractivity (Wildman–Crippen MR) is 81.3 cm³/mol. The van der Waals surface area contributed by atoms with Gasteiger partial charge in [-0.15, -0.1) is 0 Å². The zero-order chi connectivity index (χ0) is 13.8. The summed E-state index contributed by atoms with van der Waals surface area (Å²) < 4.78 is 2.15. The quantitative estimate of drug-likeness (QED) is 0.859. The van der Waals surface area contributed by atoms with Crippen molar-refractivity contribution in [3.63, 3.8) is 0 Å². The second-order valence-corrected chi connectivity index (χ2v) is 5.27. The molecule has 0 saturated heterocycles. The third-order valence-corrected chi connectivity index (χ3v) is 3.33. The third kappa shape index (κ3) is 3.51. The van der Waals surface area contributed by atoms with Crippen molar-refractivity contribution < 1.29 is 0 Å². The number of aryl methyl sites for hydroxylation is 3. The molecule has 0 radical (unpaired) electrons. The Hall–Kier alpha value is -1.48. The molecule has 2 rings (SSSR count). The van der Waals surface area contributed by atoms with Gasteiger partial charge in [-0.3, -0.25) is 0 Å². The van der Waals surface area contributed by atoms with E-state index in [4.69, 9.17) is 11.6 Å². The fourth-order valence-corrected chi connectivity index (χ4v) is 2.27. The van der Waals surface area contributed by atoms with E-state index < -0.39 is 0 Å². The van der Waals surface area contributed by atoms with Crippen LogP contribution in [0.1, 0.15) is 31.0 Å². The Morgan fingerprint density at radius 3 is 2.79 bits per heavy atom. The first-order valence-electron chi connectivity index (χ1n) is 6.67. The predicted octanol–water partition coefficient (Wildman–Crippen LogP) is 4.70. The topological polar surface area (TPSA) is 29.9 Å². The van der Waals surface area contributed by atoms with Gasteiger partial charge in [0.15, 0.2) is 0 Å². The van der Waals surface area contributed by atoms with Crippen molar-refractivity contribution in [2.75, 3.05) is 5.32 Å². The molecule has 0 bridgehead atoms. The van der Waals surface area contributed by atoms with Gasteiger partial charge in [0, 0.05) is 12.7 Å². The lowest BCUT2D eigenvalue weighted by Gasteiger charge is -2.11. The van der Waals surface area contributed by atoms with Crippen LogP contribution in [-0.2, 0) is 6.54 Å². The van der Waals surface area contributed by atoms with Crippen molar-refractivity contribution in [2.24, 2.45) is 0 Å². The van der Waals surface area contributed by atoms with E-state index in [2.05, 4.69) is 28.0 Å². The van der Waals surface area contributed by atoms with Gasteiger partial charge in [0.1, 0.15) is 0 Å². The van der Waals surface area contributed by atoms with E-state index in [1.54, 1.807) is 0 Å². The average molecular weight is 278 g/mol. The maximum Gasteiger partial charge on any atom is 0.207 e. The standard InChI is InChI=1S/C15H20ClN3/c1-4-5-8-19-10-12(3)17-15(19)18-14-7-6-11(2)9-13(14)16/h6-7,9-10H,4-5,8H2,1-3H3,(H,17,18). The largest absolute Gasteiger partial charge is 0.324 e. The molecule has 0 aliphatic rings. The lowest BCUT2D eigenvalue weighted by Crippen LogP contribution is -2.03. The lowest BCUT2D eigenvalue weighted by atomic mass is 10.2. The number of hydrogen-bond donors (Lipinski definition) is 1. The number of nitrogens with one attached hydrogen (secondary N) is 1. The summed E-state index contributed by atoms with van der Waals surface area (Å²) in [7, 11) is 0. The van der Waals surface area contributed by atoms with Gasteiger partial charge in [0.05, 0.1) is 16.4 Å². The van der Waals surface area contributed by atoms with Gasteiger partial charge >= 0.3 is 0 Å². The molecule has 1 N–H and O–H groups in total. The fourth-order valence-electron chi connectivity index (χ4n) is 1.99. The summed E-state index contributed by atoms with van der Waals surface area (Å²) in [4.78, 5) is 4.52. The minimum atomic E-state index is 0.725. The molecule has 0 aliphatic carbocycles. The Labute approximate surface area is 119 Å². The van der Waals surface area contributed by atoms with E-state index in [1.165, 1.54) is 6.42 Å². The monoisotopic (exact) mass is 277 g/mol. The van der Waals surface area contributed by atoms with Crippen LogP contribution in [0.5, 0.6) is 0 Å². The highest BCUT2D eigenvalue weighted by Gasteiger charge is 2.07. The number of hydrogen-bond acceptors (Lipinski definition) is 2. The first kappa shape index (κ1) is 13.9. The van der Waals surface area contributed by atoms with Gasteiger partial charge in [-0.05, 0) is 38.0 Å². The van der Waals surface area contributed by atoms with Crippen LogP contribution in [0.15, 0.2) is 24.4 Å². The Bertz CT molecular complexity index is 561. The fraction of sp³-hybridized carbons (Fsp3) is 0.400. The number of imidazole rings is 1. The summed E-state index contributed by atoms with van der Waals surface area (Å²) in [6.45, 7) is 7.20. The zero-order valence-corrected chi connectivity index (χ0v) is 12.5. The molecule has 0 aliphatic heterocycles. The maximum atomic E-state index is 6.24. The van der Waals surface area contributed by atoms with Gasteiger partial charge in [0.2, 0.25) is 5.95 Å². The molecular weight excluding hydrogens is 258 g/mol. The molecule has 2 aromatic rings. The van der Waals surface area contributed by atoms with Crippen molar-refractivity contribution in [3.8, 4) is 0 Å². The molecule has 3 nitrogen and oxygen atoms in total. The first-order valence-corrected chi connectivity index (χ1v) is 7.05. The summed E-state index contributed by atoms with van der Waals surface area (Å²) in [6.07, 6.45) is 4.38. The van der Waals surface area contributed by atoms with E-state index in [0.717, 1.165) is 40.9 Å². The molecule has 0 saturated carbocycles. The molecule has 1 heterocycles.